The maximum absolute atomic E-state index is 14.7. The number of aliphatic hydroxyl groups excluding tert-OH is 1. The Bertz CT molecular complexity index is 1640. The lowest BCUT2D eigenvalue weighted by Crippen LogP contribution is -2.40. The van der Waals surface area contributed by atoms with E-state index >= 15 is 0 Å². The van der Waals surface area contributed by atoms with E-state index in [0.717, 1.165) is 0 Å². The highest BCUT2D eigenvalue weighted by Crippen LogP contribution is 2.38. The van der Waals surface area contributed by atoms with E-state index in [9.17, 15) is 23.9 Å². The first-order chi connectivity index (χ1) is 20.5. The molecule has 7 N–H and O–H groups in total. The fraction of sp³-hybridized carbons (Fsp3) is 0.400. The van der Waals surface area contributed by atoms with E-state index in [1.165, 1.54) is 17.3 Å². The number of nitrogens with two attached hydrogens (primary N) is 2. The second kappa shape index (κ2) is 13.4. The number of carbonyl (C=O) groups excluding carboxylic acids is 2. The van der Waals surface area contributed by atoms with Crippen LogP contribution in [0.25, 0.3) is 22.3 Å². The molecule has 0 fully saturated rings. The summed E-state index contributed by atoms with van der Waals surface area (Å²) in [6.07, 6.45) is 1.46. The largest absolute Gasteiger partial charge is 0.399 e. The van der Waals surface area contributed by atoms with Crippen molar-refractivity contribution >= 4 is 23.1 Å². The standard InChI is InChI=1S/C30H38FN7O5/c1-5-6-18-20(27(40)13-39)8-26-29-22(11-38(26)30(18)42)21(19-7-16(2)23(31)9-25(19)36-29)10-37(33)12-24(32)17(3)35-28(41)14-43-15-34-4/h7-9,12-13,17,27,34,40H,5-6,10-11,14-15,32-33H2,1-4H3,(H,35,41)/b24-12-. The first-order valence-corrected chi connectivity index (χ1v) is 14.0. The monoisotopic (exact) mass is 595 g/mol. The van der Waals surface area contributed by atoms with Crippen LogP contribution in [-0.4, -0.2) is 58.3 Å². The van der Waals surface area contributed by atoms with Crippen LogP contribution >= 0.6 is 0 Å². The molecule has 2 aromatic heterocycles. The number of aliphatic hydroxyl groups is 1. The van der Waals surface area contributed by atoms with Gasteiger partial charge in [-0.3, -0.25) is 14.9 Å². The second-order valence-corrected chi connectivity index (χ2v) is 10.7. The smallest absolute Gasteiger partial charge is 0.254 e. The predicted molar refractivity (Wildman–Crippen MR) is 160 cm³/mol. The van der Waals surface area contributed by atoms with Gasteiger partial charge in [-0.2, -0.15) is 0 Å². The Kier molecular flexibility index (Phi) is 9.91. The predicted octanol–water partition coefficient (Wildman–Crippen LogP) is 1.23. The summed E-state index contributed by atoms with van der Waals surface area (Å²) >= 11 is 0. The van der Waals surface area contributed by atoms with Crippen LogP contribution in [0.1, 0.15) is 54.2 Å². The van der Waals surface area contributed by atoms with Gasteiger partial charge in [0.05, 0.1) is 42.8 Å². The Morgan fingerprint density at radius 2 is 2.07 bits per heavy atom. The number of aromatic nitrogens is 2. The molecule has 0 aliphatic carbocycles. The van der Waals surface area contributed by atoms with Gasteiger partial charge in [0.25, 0.3) is 5.56 Å². The van der Waals surface area contributed by atoms with Crippen LogP contribution in [0.2, 0.25) is 0 Å². The Hall–Kier alpha value is -4.17. The zero-order chi connectivity index (χ0) is 31.4. The van der Waals surface area contributed by atoms with Crippen LogP contribution in [0.4, 0.5) is 4.39 Å². The summed E-state index contributed by atoms with van der Waals surface area (Å²) < 4.78 is 21.4. The van der Waals surface area contributed by atoms with E-state index in [1.54, 1.807) is 37.6 Å². The van der Waals surface area contributed by atoms with Crippen molar-refractivity contribution in [2.45, 2.75) is 58.8 Å². The van der Waals surface area contributed by atoms with E-state index in [-0.39, 0.29) is 49.2 Å². The van der Waals surface area contributed by atoms with Crippen molar-refractivity contribution in [2.75, 3.05) is 20.4 Å². The third kappa shape index (κ3) is 6.59. The molecule has 0 spiro atoms. The van der Waals surface area contributed by atoms with E-state index < -0.39 is 18.0 Å². The minimum atomic E-state index is -1.46. The molecule has 0 saturated carbocycles. The van der Waals surface area contributed by atoms with Crippen molar-refractivity contribution < 1.29 is 23.8 Å². The van der Waals surface area contributed by atoms with Gasteiger partial charge in [-0.15, -0.1) is 0 Å². The minimum absolute atomic E-state index is 0.119. The van der Waals surface area contributed by atoms with Gasteiger partial charge in [-0.1, -0.05) is 13.3 Å². The van der Waals surface area contributed by atoms with E-state index in [2.05, 4.69) is 10.6 Å². The van der Waals surface area contributed by atoms with E-state index in [4.69, 9.17) is 21.3 Å². The zero-order valence-electron chi connectivity index (χ0n) is 24.7. The van der Waals surface area contributed by atoms with Gasteiger partial charge >= 0.3 is 0 Å². The van der Waals surface area contributed by atoms with Crippen molar-refractivity contribution in [2.24, 2.45) is 11.6 Å². The minimum Gasteiger partial charge on any atom is -0.399 e. The van der Waals surface area contributed by atoms with Gasteiger partial charge in [0.15, 0.2) is 6.29 Å². The third-order valence-electron chi connectivity index (χ3n) is 7.44. The SMILES string of the molecule is CCCc1c(C(O)C=O)cc2n(c1=O)Cc1c-2nc2cc(F)c(C)cc2c1CN(N)/C=C(\N)C(C)NC(=O)COCNC. The highest BCUT2D eigenvalue weighted by molar-refractivity contribution is 5.89. The van der Waals surface area contributed by atoms with Crippen LogP contribution in [0.5, 0.6) is 0 Å². The number of hydrogen-bond acceptors (Lipinski definition) is 10. The van der Waals surface area contributed by atoms with Crippen LogP contribution in [0.15, 0.2) is 34.9 Å². The summed E-state index contributed by atoms with van der Waals surface area (Å²) in [5, 5.41) is 18.0. The summed E-state index contributed by atoms with van der Waals surface area (Å²) in [4.78, 5) is 42.0. The van der Waals surface area contributed by atoms with Crippen molar-refractivity contribution in [3.05, 3.63) is 74.1 Å². The fourth-order valence-electron chi connectivity index (χ4n) is 5.26. The summed E-state index contributed by atoms with van der Waals surface area (Å²) in [6.45, 7) is 5.66. The number of hydrazine groups is 1. The molecule has 12 nitrogen and oxygen atoms in total. The first-order valence-electron chi connectivity index (χ1n) is 14.0. The summed E-state index contributed by atoms with van der Waals surface area (Å²) in [5.74, 6) is 5.62. The van der Waals surface area contributed by atoms with Gasteiger partial charge in [0, 0.05) is 34.5 Å². The molecule has 13 heteroatoms. The molecule has 1 amide bonds. The Labute approximate surface area is 248 Å². The van der Waals surface area contributed by atoms with E-state index in [0.29, 0.717) is 63.7 Å². The zero-order valence-corrected chi connectivity index (χ0v) is 24.7. The number of halogens is 1. The number of hydrogen-bond donors (Lipinski definition) is 5. The molecule has 43 heavy (non-hydrogen) atoms. The maximum Gasteiger partial charge on any atom is 0.254 e. The first kappa shape index (κ1) is 31.8. The molecule has 1 aliphatic heterocycles. The highest BCUT2D eigenvalue weighted by atomic mass is 19.1. The van der Waals surface area contributed by atoms with Crippen molar-refractivity contribution in [3.8, 4) is 11.4 Å². The topological polar surface area (TPSA) is 178 Å². The Morgan fingerprint density at radius 1 is 1.33 bits per heavy atom. The van der Waals surface area contributed by atoms with Crippen molar-refractivity contribution in [1.29, 1.82) is 0 Å². The normalized spacial score (nSPS) is 13.9. The number of nitrogens with one attached hydrogen (secondary N) is 2. The molecule has 3 aromatic rings. The molecule has 0 radical (unpaired) electrons. The lowest BCUT2D eigenvalue weighted by Gasteiger charge is -2.21. The molecule has 2 atom stereocenters. The highest BCUT2D eigenvalue weighted by Gasteiger charge is 2.30. The lowest BCUT2D eigenvalue weighted by atomic mass is 9.97. The number of rotatable bonds is 13. The number of carbonyl (C=O) groups is 2. The molecular formula is C30H38FN7O5. The van der Waals surface area contributed by atoms with Crippen LogP contribution in [0.3, 0.4) is 0 Å². The lowest BCUT2D eigenvalue weighted by molar-refractivity contribution is -0.126. The quantitative estimate of drug-likeness (QED) is 0.0497. The van der Waals surface area contributed by atoms with Gasteiger partial charge < -0.3 is 35.3 Å². The third-order valence-corrected chi connectivity index (χ3v) is 7.44. The van der Waals surface area contributed by atoms with Crippen molar-refractivity contribution in [3.63, 3.8) is 0 Å². The molecule has 4 rings (SSSR count). The molecule has 2 unspecified atom stereocenters. The Morgan fingerprint density at radius 3 is 2.74 bits per heavy atom. The summed E-state index contributed by atoms with van der Waals surface area (Å²) in [7, 11) is 1.70. The molecule has 1 aromatic carbocycles. The molecule has 1 aliphatic rings. The van der Waals surface area contributed by atoms with Crippen LogP contribution in [-0.2, 0) is 33.8 Å². The molecule has 0 bridgehead atoms. The summed E-state index contributed by atoms with van der Waals surface area (Å²) in [5.41, 5.74) is 9.90. The number of pyridine rings is 2. The number of aryl methyl sites for hydroxylation is 1. The average molecular weight is 596 g/mol. The summed E-state index contributed by atoms with van der Waals surface area (Å²) in [6, 6.07) is 4.10. The Balaban J connectivity index is 1.76. The number of amides is 1. The second-order valence-electron chi connectivity index (χ2n) is 10.7. The van der Waals surface area contributed by atoms with Gasteiger partial charge in [0.2, 0.25) is 5.91 Å². The number of fused-ring (bicyclic) bond motifs is 4. The number of ether oxygens (including phenoxy) is 1. The van der Waals surface area contributed by atoms with Crippen molar-refractivity contribution in [1.82, 2.24) is 25.2 Å². The van der Waals surface area contributed by atoms with Gasteiger partial charge in [-0.25, -0.2) is 15.2 Å². The van der Waals surface area contributed by atoms with Gasteiger partial charge in [-0.05, 0) is 56.1 Å². The molecule has 230 valence electrons. The number of benzene rings is 1. The molecular weight excluding hydrogens is 557 g/mol. The fourth-order valence-corrected chi connectivity index (χ4v) is 5.26. The van der Waals surface area contributed by atoms with E-state index in [1.807, 2.05) is 6.92 Å². The molecule has 3 heterocycles. The maximum atomic E-state index is 14.7. The van der Waals surface area contributed by atoms with Crippen LogP contribution in [0, 0.1) is 12.7 Å². The van der Waals surface area contributed by atoms with Crippen LogP contribution < -0.4 is 27.8 Å². The molecule has 0 saturated heterocycles. The number of nitrogens with zero attached hydrogens (tertiary/aromatic N) is 3. The van der Waals surface area contributed by atoms with Gasteiger partial charge in [0.1, 0.15) is 18.5 Å². The average Bonchev–Trinajstić information content (AvgIpc) is 3.33. The number of aldehydes is 1.